The molecule has 1 atom stereocenters. The van der Waals surface area contributed by atoms with Gasteiger partial charge in [-0.1, -0.05) is 0 Å². The van der Waals surface area contributed by atoms with Crippen molar-refractivity contribution in [3.8, 4) is 0 Å². The largest absolute Gasteiger partial charge is 0.338 e. The summed E-state index contributed by atoms with van der Waals surface area (Å²) in [5.74, 6) is 0.368. The smallest absolute Gasteiger partial charge is 0.321 e. The highest BCUT2D eigenvalue weighted by Gasteiger charge is 2.21. The van der Waals surface area contributed by atoms with E-state index >= 15 is 0 Å². The molecule has 0 aromatic rings. The molecule has 1 heterocycles. The van der Waals surface area contributed by atoms with Crippen molar-refractivity contribution < 1.29 is 9.59 Å². The lowest BCUT2D eigenvalue weighted by molar-refractivity contribution is -0.121. The summed E-state index contributed by atoms with van der Waals surface area (Å²) >= 11 is 0. The predicted octanol–water partition coefficient (Wildman–Crippen LogP) is -0.236. The number of carbonyl (C=O) groups is 2. The van der Waals surface area contributed by atoms with Crippen LogP contribution in [-0.2, 0) is 4.79 Å². The number of hydrogen-bond donors (Lipinski definition) is 3. The van der Waals surface area contributed by atoms with Crippen molar-refractivity contribution in [3.63, 3.8) is 0 Å². The number of amides is 3. The van der Waals surface area contributed by atoms with E-state index in [1.54, 1.807) is 0 Å². The molecule has 3 amide bonds. The number of carbonyl (C=O) groups excluding carboxylic acids is 2. The fourth-order valence-corrected chi connectivity index (χ4v) is 2.32. The van der Waals surface area contributed by atoms with Crippen molar-refractivity contribution in [1.82, 2.24) is 20.9 Å². The van der Waals surface area contributed by atoms with Gasteiger partial charge in [-0.25, -0.2) is 4.79 Å². The Morgan fingerprint density at radius 1 is 1.39 bits per heavy atom. The van der Waals surface area contributed by atoms with Gasteiger partial charge >= 0.3 is 6.03 Å². The zero-order chi connectivity index (χ0) is 13.4. The van der Waals surface area contributed by atoms with E-state index < -0.39 is 6.03 Å². The van der Waals surface area contributed by atoms with Crippen LogP contribution in [0.2, 0.25) is 0 Å². The molecule has 0 spiro atoms. The van der Waals surface area contributed by atoms with Gasteiger partial charge in [-0.2, -0.15) is 0 Å². The maximum absolute atomic E-state index is 11.6. The van der Waals surface area contributed by atoms with E-state index in [2.05, 4.69) is 20.9 Å². The van der Waals surface area contributed by atoms with Crippen molar-refractivity contribution in [1.29, 1.82) is 0 Å². The SMILES string of the molecule is CCNC(=O)NC(=O)CN1CCCC(CNC)C1. The van der Waals surface area contributed by atoms with Gasteiger partial charge in [0.25, 0.3) is 0 Å². The molecule has 0 saturated carbocycles. The van der Waals surface area contributed by atoms with Gasteiger partial charge in [0.05, 0.1) is 6.54 Å². The topological polar surface area (TPSA) is 73.5 Å². The molecule has 6 nitrogen and oxygen atoms in total. The van der Waals surface area contributed by atoms with Gasteiger partial charge in [-0.05, 0) is 45.8 Å². The maximum atomic E-state index is 11.6. The molecular formula is C12H24N4O2. The molecule has 0 aliphatic carbocycles. The van der Waals surface area contributed by atoms with Gasteiger partial charge in [0, 0.05) is 13.1 Å². The van der Waals surface area contributed by atoms with E-state index in [-0.39, 0.29) is 5.91 Å². The Balaban J connectivity index is 2.28. The Labute approximate surface area is 108 Å². The second-order valence-corrected chi connectivity index (χ2v) is 4.71. The minimum Gasteiger partial charge on any atom is -0.338 e. The van der Waals surface area contributed by atoms with Crippen LogP contribution in [0.4, 0.5) is 4.79 Å². The number of rotatable bonds is 5. The van der Waals surface area contributed by atoms with E-state index in [9.17, 15) is 9.59 Å². The van der Waals surface area contributed by atoms with Crippen molar-refractivity contribution >= 4 is 11.9 Å². The van der Waals surface area contributed by atoms with E-state index in [1.807, 2.05) is 14.0 Å². The summed E-state index contributed by atoms with van der Waals surface area (Å²) in [4.78, 5) is 24.9. The first-order chi connectivity index (χ1) is 8.65. The predicted molar refractivity (Wildman–Crippen MR) is 70.3 cm³/mol. The average molecular weight is 256 g/mol. The highest BCUT2D eigenvalue weighted by atomic mass is 16.2. The number of nitrogens with one attached hydrogen (secondary N) is 3. The summed E-state index contributed by atoms with van der Waals surface area (Å²) in [6, 6.07) is -0.411. The number of likely N-dealkylation sites (tertiary alicyclic amines) is 1. The summed E-state index contributed by atoms with van der Waals surface area (Å²) in [6.07, 6.45) is 2.32. The minimum atomic E-state index is -0.411. The first-order valence-corrected chi connectivity index (χ1v) is 6.60. The fraction of sp³-hybridized carbons (Fsp3) is 0.833. The molecule has 1 fully saturated rings. The van der Waals surface area contributed by atoms with Crippen LogP contribution in [0.5, 0.6) is 0 Å². The number of nitrogens with zero attached hydrogens (tertiary/aromatic N) is 1. The molecule has 1 aliphatic rings. The van der Waals surface area contributed by atoms with Crippen molar-refractivity contribution in [2.45, 2.75) is 19.8 Å². The first kappa shape index (κ1) is 14.9. The van der Waals surface area contributed by atoms with Gasteiger partial charge in [-0.15, -0.1) is 0 Å². The van der Waals surface area contributed by atoms with Crippen LogP contribution < -0.4 is 16.0 Å². The maximum Gasteiger partial charge on any atom is 0.321 e. The lowest BCUT2D eigenvalue weighted by atomic mass is 9.98. The third-order valence-electron chi connectivity index (χ3n) is 3.05. The highest BCUT2D eigenvalue weighted by Crippen LogP contribution is 2.14. The van der Waals surface area contributed by atoms with Crippen LogP contribution >= 0.6 is 0 Å². The highest BCUT2D eigenvalue weighted by molar-refractivity contribution is 5.95. The Morgan fingerprint density at radius 3 is 2.83 bits per heavy atom. The lowest BCUT2D eigenvalue weighted by Crippen LogP contribution is -2.47. The van der Waals surface area contributed by atoms with Crippen LogP contribution in [0.3, 0.4) is 0 Å². The molecule has 1 rings (SSSR count). The van der Waals surface area contributed by atoms with Gasteiger partial charge in [-0.3, -0.25) is 15.0 Å². The third-order valence-corrected chi connectivity index (χ3v) is 3.05. The number of hydrogen-bond acceptors (Lipinski definition) is 4. The molecule has 0 aromatic carbocycles. The molecule has 0 radical (unpaired) electrons. The summed E-state index contributed by atoms with van der Waals surface area (Å²) in [6.45, 7) is 5.47. The Morgan fingerprint density at radius 2 is 2.17 bits per heavy atom. The molecule has 6 heteroatoms. The number of urea groups is 1. The molecule has 104 valence electrons. The molecule has 1 aliphatic heterocycles. The van der Waals surface area contributed by atoms with Crippen LogP contribution in [0.1, 0.15) is 19.8 Å². The van der Waals surface area contributed by atoms with Crippen molar-refractivity contribution in [2.75, 3.05) is 39.8 Å². The second-order valence-electron chi connectivity index (χ2n) is 4.71. The van der Waals surface area contributed by atoms with Crippen molar-refractivity contribution in [3.05, 3.63) is 0 Å². The van der Waals surface area contributed by atoms with Crippen LogP contribution in [0.15, 0.2) is 0 Å². The number of piperidine rings is 1. The Bertz CT molecular complexity index is 281. The van der Waals surface area contributed by atoms with Gasteiger partial charge in [0.1, 0.15) is 0 Å². The van der Waals surface area contributed by atoms with Gasteiger partial charge < -0.3 is 10.6 Å². The minimum absolute atomic E-state index is 0.231. The lowest BCUT2D eigenvalue weighted by Gasteiger charge is -2.31. The zero-order valence-electron chi connectivity index (χ0n) is 11.3. The Kier molecular flexibility index (Phi) is 6.67. The monoisotopic (exact) mass is 256 g/mol. The van der Waals surface area contributed by atoms with E-state index in [0.29, 0.717) is 19.0 Å². The van der Waals surface area contributed by atoms with E-state index in [0.717, 1.165) is 26.1 Å². The van der Waals surface area contributed by atoms with Crippen LogP contribution in [-0.4, -0.2) is 56.6 Å². The fourth-order valence-electron chi connectivity index (χ4n) is 2.32. The van der Waals surface area contributed by atoms with E-state index in [1.165, 1.54) is 6.42 Å². The molecule has 3 N–H and O–H groups in total. The normalized spacial score (nSPS) is 20.4. The van der Waals surface area contributed by atoms with Gasteiger partial charge in [0.2, 0.25) is 5.91 Å². The summed E-state index contributed by atoms with van der Waals surface area (Å²) in [5.41, 5.74) is 0. The third kappa shape index (κ3) is 5.46. The average Bonchev–Trinajstić information content (AvgIpc) is 2.29. The summed E-state index contributed by atoms with van der Waals surface area (Å²) < 4.78 is 0. The molecule has 1 unspecified atom stereocenters. The Hall–Kier alpha value is -1.14. The molecule has 1 saturated heterocycles. The molecule has 0 bridgehead atoms. The molecule has 0 aromatic heterocycles. The van der Waals surface area contributed by atoms with Crippen molar-refractivity contribution in [2.24, 2.45) is 5.92 Å². The zero-order valence-corrected chi connectivity index (χ0v) is 11.3. The van der Waals surface area contributed by atoms with Crippen LogP contribution in [0, 0.1) is 5.92 Å². The molecule has 18 heavy (non-hydrogen) atoms. The standard InChI is InChI=1S/C12H24N4O2/c1-3-14-12(18)15-11(17)9-16-6-4-5-10(8-16)7-13-2/h10,13H,3-9H2,1-2H3,(H2,14,15,17,18). The first-order valence-electron chi connectivity index (χ1n) is 6.60. The molecular weight excluding hydrogens is 232 g/mol. The number of imide groups is 1. The summed E-state index contributed by atoms with van der Waals surface area (Å²) in [7, 11) is 1.95. The van der Waals surface area contributed by atoms with Gasteiger partial charge in [0.15, 0.2) is 0 Å². The quantitative estimate of drug-likeness (QED) is 0.635. The van der Waals surface area contributed by atoms with E-state index in [4.69, 9.17) is 0 Å². The van der Waals surface area contributed by atoms with Crippen LogP contribution in [0.25, 0.3) is 0 Å². The summed E-state index contributed by atoms with van der Waals surface area (Å²) in [5, 5.41) is 8.04. The second kappa shape index (κ2) is 8.05.